The average molecular weight is 380 g/mol. The van der Waals surface area contributed by atoms with E-state index in [-0.39, 0.29) is 5.91 Å². The summed E-state index contributed by atoms with van der Waals surface area (Å²) in [6.07, 6.45) is 6.10. The number of rotatable bonds is 5. The number of amides is 1. The molecule has 0 unspecified atom stereocenters. The van der Waals surface area contributed by atoms with Crippen molar-refractivity contribution in [3.8, 4) is 0 Å². The summed E-state index contributed by atoms with van der Waals surface area (Å²) in [5.74, 6) is -0.0786. The monoisotopic (exact) mass is 379 g/mol. The Kier molecular flexibility index (Phi) is 5.28. The van der Waals surface area contributed by atoms with Gasteiger partial charge in [-0.05, 0) is 42.3 Å². The molecule has 0 saturated heterocycles. The lowest BCUT2D eigenvalue weighted by Crippen LogP contribution is -2.35. The quantitative estimate of drug-likeness (QED) is 0.691. The van der Waals surface area contributed by atoms with Gasteiger partial charge in [-0.15, -0.1) is 0 Å². The van der Waals surface area contributed by atoms with E-state index < -0.39 is 0 Å². The van der Waals surface area contributed by atoms with Crippen LogP contribution in [-0.2, 0) is 6.42 Å². The number of para-hydroxylation sites is 1. The Labute approximate surface area is 163 Å². The van der Waals surface area contributed by atoms with Crippen molar-refractivity contribution in [2.24, 2.45) is 0 Å². The summed E-state index contributed by atoms with van der Waals surface area (Å²) in [6.45, 7) is 2.82. The van der Waals surface area contributed by atoms with Crippen LogP contribution >= 0.6 is 11.6 Å². The van der Waals surface area contributed by atoms with Crippen molar-refractivity contribution in [2.75, 3.05) is 19.6 Å². The molecule has 5 heteroatoms. The maximum atomic E-state index is 12.3. The first-order valence-corrected chi connectivity index (χ1v) is 9.60. The van der Waals surface area contributed by atoms with E-state index in [4.69, 9.17) is 11.6 Å². The lowest BCUT2D eigenvalue weighted by molar-refractivity contribution is 0.0962. The SMILES string of the molecule is O=C(NC1=CCN(CCc2c[nH]c3ccccc23)CC1)c1ccc(Cl)cc1. The second-order valence-corrected chi connectivity index (χ2v) is 7.29. The Hall–Kier alpha value is -2.56. The van der Waals surface area contributed by atoms with E-state index in [1.165, 1.54) is 16.5 Å². The normalized spacial score (nSPS) is 14.9. The van der Waals surface area contributed by atoms with Crippen LogP contribution in [0, 0.1) is 0 Å². The molecule has 3 aromatic rings. The van der Waals surface area contributed by atoms with Gasteiger partial charge in [0.1, 0.15) is 0 Å². The molecule has 0 fully saturated rings. The van der Waals surface area contributed by atoms with Crippen LogP contribution in [0.4, 0.5) is 0 Å². The molecule has 4 rings (SSSR count). The molecule has 2 N–H and O–H groups in total. The summed E-state index contributed by atoms with van der Waals surface area (Å²) < 4.78 is 0. The van der Waals surface area contributed by atoms with Crippen molar-refractivity contribution < 1.29 is 4.79 Å². The molecule has 2 aromatic carbocycles. The molecule has 1 aliphatic rings. The van der Waals surface area contributed by atoms with Gasteiger partial charge in [0.15, 0.2) is 0 Å². The van der Waals surface area contributed by atoms with Crippen LogP contribution in [-0.4, -0.2) is 35.4 Å². The summed E-state index contributed by atoms with van der Waals surface area (Å²) in [6, 6.07) is 15.4. The molecule has 0 saturated carbocycles. The van der Waals surface area contributed by atoms with Gasteiger partial charge in [-0.1, -0.05) is 35.9 Å². The molecule has 0 aliphatic carbocycles. The fraction of sp³-hybridized carbons (Fsp3) is 0.227. The lowest BCUT2D eigenvalue weighted by Gasteiger charge is -2.26. The number of fused-ring (bicyclic) bond motifs is 1. The maximum absolute atomic E-state index is 12.3. The van der Waals surface area contributed by atoms with Gasteiger partial charge in [0.05, 0.1) is 0 Å². The highest BCUT2D eigenvalue weighted by atomic mass is 35.5. The van der Waals surface area contributed by atoms with Crippen molar-refractivity contribution in [2.45, 2.75) is 12.8 Å². The summed E-state index contributed by atoms with van der Waals surface area (Å²) in [5.41, 5.74) is 4.18. The Morgan fingerprint density at radius 1 is 1.15 bits per heavy atom. The summed E-state index contributed by atoms with van der Waals surface area (Å²) >= 11 is 5.87. The van der Waals surface area contributed by atoms with Crippen LogP contribution in [0.2, 0.25) is 5.02 Å². The number of hydrogen-bond donors (Lipinski definition) is 2. The first kappa shape index (κ1) is 17.8. The Morgan fingerprint density at radius 3 is 2.74 bits per heavy atom. The highest BCUT2D eigenvalue weighted by Gasteiger charge is 2.15. The minimum atomic E-state index is -0.0786. The number of halogens is 1. The van der Waals surface area contributed by atoms with Crippen molar-refractivity contribution in [1.82, 2.24) is 15.2 Å². The second-order valence-electron chi connectivity index (χ2n) is 6.85. The molecule has 2 heterocycles. The van der Waals surface area contributed by atoms with E-state index in [1.54, 1.807) is 24.3 Å². The minimum absolute atomic E-state index is 0.0786. The zero-order valence-corrected chi connectivity index (χ0v) is 15.8. The number of nitrogens with zero attached hydrogens (tertiary/aromatic N) is 1. The predicted molar refractivity (Wildman–Crippen MR) is 110 cm³/mol. The van der Waals surface area contributed by atoms with E-state index in [9.17, 15) is 4.79 Å². The van der Waals surface area contributed by atoms with Gasteiger partial charge in [-0.2, -0.15) is 0 Å². The highest BCUT2D eigenvalue weighted by Crippen LogP contribution is 2.19. The summed E-state index contributed by atoms with van der Waals surface area (Å²) in [4.78, 5) is 18.1. The smallest absolute Gasteiger partial charge is 0.255 e. The number of carbonyl (C=O) groups excluding carboxylic acids is 1. The zero-order chi connectivity index (χ0) is 18.6. The van der Waals surface area contributed by atoms with E-state index >= 15 is 0 Å². The van der Waals surface area contributed by atoms with E-state index in [0.29, 0.717) is 10.6 Å². The molecule has 0 atom stereocenters. The number of hydrogen-bond acceptors (Lipinski definition) is 2. The molecular weight excluding hydrogens is 358 g/mol. The summed E-state index contributed by atoms with van der Waals surface area (Å²) in [7, 11) is 0. The zero-order valence-electron chi connectivity index (χ0n) is 15.0. The van der Waals surface area contributed by atoms with Crippen molar-refractivity contribution in [3.05, 3.63) is 82.7 Å². The first-order chi connectivity index (χ1) is 13.2. The molecule has 1 amide bonds. The molecule has 1 aromatic heterocycles. The lowest BCUT2D eigenvalue weighted by atomic mass is 10.1. The van der Waals surface area contributed by atoms with Crippen LogP contribution in [0.3, 0.4) is 0 Å². The molecule has 0 bridgehead atoms. The standard InChI is InChI=1S/C22H22ClN3O/c23-18-7-5-16(6-8-18)22(27)25-19-10-13-26(14-11-19)12-9-17-15-24-21-4-2-1-3-20(17)21/h1-8,10,15,24H,9,11-14H2,(H,25,27). The van der Waals surface area contributed by atoms with Crippen molar-refractivity contribution >= 4 is 28.4 Å². The van der Waals surface area contributed by atoms with E-state index in [2.05, 4.69) is 51.7 Å². The fourth-order valence-corrected chi connectivity index (χ4v) is 3.59. The number of nitrogens with one attached hydrogen (secondary N) is 2. The molecule has 1 aliphatic heterocycles. The van der Waals surface area contributed by atoms with Gasteiger partial charge in [0.2, 0.25) is 0 Å². The van der Waals surface area contributed by atoms with Gasteiger partial charge in [0, 0.05) is 59.4 Å². The van der Waals surface area contributed by atoms with Crippen LogP contribution < -0.4 is 5.32 Å². The van der Waals surface area contributed by atoms with Crippen molar-refractivity contribution in [1.29, 1.82) is 0 Å². The number of carbonyl (C=O) groups is 1. The van der Waals surface area contributed by atoms with Gasteiger partial charge >= 0.3 is 0 Å². The van der Waals surface area contributed by atoms with Crippen molar-refractivity contribution in [3.63, 3.8) is 0 Å². The second kappa shape index (κ2) is 7.99. The highest BCUT2D eigenvalue weighted by molar-refractivity contribution is 6.30. The Morgan fingerprint density at radius 2 is 1.96 bits per heavy atom. The molecule has 0 radical (unpaired) electrons. The molecule has 4 nitrogen and oxygen atoms in total. The number of H-pyrrole nitrogens is 1. The minimum Gasteiger partial charge on any atom is -0.361 e. The Bertz CT molecular complexity index is 975. The van der Waals surface area contributed by atoms with E-state index in [0.717, 1.165) is 38.2 Å². The van der Waals surface area contributed by atoms with Crippen LogP contribution in [0.1, 0.15) is 22.3 Å². The molecular formula is C22H22ClN3O. The number of benzene rings is 2. The topological polar surface area (TPSA) is 48.1 Å². The first-order valence-electron chi connectivity index (χ1n) is 9.22. The fourth-order valence-electron chi connectivity index (χ4n) is 3.46. The maximum Gasteiger partial charge on any atom is 0.255 e. The van der Waals surface area contributed by atoms with Gasteiger partial charge in [-0.25, -0.2) is 0 Å². The van der Waals surface area contributed by atoms with Gasteiger partial charge in [0.25, 0.3) is 5.91 Å². The third-order valence-electron chi connectivity index (χ3n) is 5.05. The van der Waals surface area contributed by atoms with Crippen LogP contribution in [0.5, 0.6) is 0 Å². The number of aromatic amines is 1. The van der Waals surface area contributed by atoms with E-state index in [1.807, 2.05) is 0 Å². The van der Waals surface area contributed by atoms with Crippen LogP contribution in [0.15, 0.2) is 66.5 Å². The molecule has 138 valence electrons. The number of aromatic nitrogens is 1. The average Bonchev–Trinajstić information content (AvgIpc) is 3.11. The van der Waals surface area contributed by atoms with Gasteiger partial charge in [-0.3, -0.25) is 9.69 Å². The van der Waals surface area contributed by atoms with Crippen LogP contribution in [0.25, 0.3) is 10.9 Å². The largest absolute Gasteiger partial charge is 0.361 e. The third kappa shape index (κ3) is 4.24. The summed E-state index contributed by atoms with van der Waals surface area (Å²) in [5, 5.41) is 4.96. The van der Waals surface area contributed by atoms with Gasteiger partial charge < -0.3 is 10.3 Å². The third-order valence-corrected chi connectivity index (χ3v) is 5.30. The molecule has 27 heavy (non-hydrogen) atoms. The Balaban J connectivity index is 1.30. The molecule has 0 spiro atoms. The predicted octanol–water partition coefficient (Wildman–Crippen LogP) is 4.38.